The molecule has 1 saturated carbocycles. The summed E-state index contributed by atoms with van der Waals surface area (Å²) in [4.78, 5) is 0. The van der Waals surface area contributed by atoms with Crippen LogP contribution in [0.25, 0.3) is 27.8 Å². The molecule has 0 bridgehead atoms. The number of ether oxygens (including phenoxy) is 1. The summed E-state index contributed by atoms with van der Waals surface area (Å²) in [6.07, 6.45) is 17.6. The maximum Gasteiger partial charge on any atom is 0.201 e. The van der Waals surface area contributed by atoms with Crippen molar-refractivity contribution in [2.45, 2.75) is 78.1 Å². The molecule has 228 valence electrons. The molecule has 1 fully saturated rings. The Morgan fingerprint density at radius 1 is 0.721 bits per heavy atom. The minimum atomic E-state index is -1.06. The third-order valence-corrected chi connectivity index (χ3v) is 9.53. The second kappa shape index (κ2) is 14.4. The van der Waals surface area contributed by atoms with Gasteiger partial charge in [-0.05, 0) is 85.6 Å². The van der Waals surface area contributed by atoms with Gasteiger partial charge in [-0.1, -0.05) is 93.7 Å². The molecule has 43 heavy (non-hydrogen) atoms. The third-order valence-electron chi connectivity index (χ3n) is 9.53. The molecule has 0 saturated heterocycles. The molecule has 0 aliphatic heterocycles. The lowest BCUT2D eigenvalue weighted by Crippen LogP contribution is -2.23. The van der Waals surface area contributed by atoms with Gasteiger partial charge in [0.1, 0.15) is 6.61 Å². The second-order valence-electron chi connectivity index (χ2n) is 12.2. The fourth-order valence-corrected chi connectivity index (χ4v) is 6.92. The molecule has 3 aromatic carbocycles. The summed E-state index contributed by atoms with van der Waals surface area (Å²) in [5.74, 6) is -1.68. The second-order valence-corrected chi connectivity index (χ2v) is 12.2. The normalized spacial score (nSPS) is 20.8. The molecule has 0 spiro atoms. The fraction of sp³-hybridized carbons (Fsp3) is 0.421. The van der Waals surface area contributed by atoms with Gasteiger partial charge in [-0.25, -0.2) is 13.2 Å². The van der Waals surface area contributed by atoms with E-state index in [1.54, 1.807) is 48.6 Å². The lowest BCUT2D eigenvalue weighted by Gasteiger charge is -2.35. The number of allylic oxidation sites excluding steroid dienone is 3. The lowest BCUT2D eigenvalue weighted by molar-refractivity contribution is 0.188. The van der Waals surface area contributed by atoms with Gasteiger partial charge in [0.15, 0.2) is 23.2 Å². The van der Waals surface area contributed by atoms with Crippen molar-refractivity contribution >= 4 is 5.57 Å². The van der Waals surface area contributed by atoms with Crippen LogP contribution in [-0.2, 0) is 0 Å². The van der Waals surface area contributed by atoms with Gasteiger partial charge in [-0.3, -0.25) is 0 Å². The zero-order chi connectivity index (χ0) is 30.3. The molecular formula is C38H42F4O. The molecule has 1 atom stereocenters. The third kappa shape index (κ3) is 7.08. The van der Waals surface area contributed by atoms with Gasteiger partial charge in [0.05, 0.1) is 0 Å². The maximum absolute atomic E-state index is 15.4. The zero-order valence-electron chi connectivity index (χ0n) is 25.3. The molecule has 1 nitrogen and oxygen atoms in total. The first-order valence-corrected chi connectivity index (χ1v) is 15.9. The van der Waals surface area contributed by atoms with Gasteiger partial charge in [0.25, 0.3) is 0 Å². The van der Waals surface area contributed by atoms with Gasteiger partial charge in [-0.15, -0.1) is 0 Å². The Balaban J connectivity index is 1.26. The number of benzene rings is 3. The first-order valence-electron chi connectivity index (χ1n) is 15.9. The van der Waals surface area contributed by atoms with Gasteiger partial charge in [0.2, 0.25) is 5.82 Å². The van der Waals surface area contributed by atoms with Crippen molar-refractivity contribution in [2.24, 2.45) is 17.8 Å². The van der Waals surface area contributed by atoms with Crippen LogP contribution >= 0.6 is 0 Å². The van der Waals surface area contributed by atoms with E-state index >= 15 is 8.78 Å². The van der Waals surface area contributed by atoms with E-state index in [4.69, 9.17) is 4.74 Å². The van der Waals surface area contributed by atoms with E-state index in [0.717, 1.165) is 36.7 Å². The Labute approximate surface area is 253 Å². The lowest BCUT2D eigenvalue weighted by atomic mass is 9.70. The van der Waals surface area contributed by atoms with E-state index < -0.39 is 23.3 Å². The highest BCUT2D eigenvalue weighted by Gasteiger charge is 2.29. The summed E-state index contributed by atoms with van der Waals surface area (Å²) >= 11 is 0. The van der Waals surface area contributed by atoms with Gasteiger partial charge in [-0.2, -0.15) is 4.39 Å². The summed E-state index contributed by atoms with van der Waals surface area (Å²) in [7, 11) is 0. The molecule has 0 N–H and O–H groups in total. The monoisotopic (exact) mass is 590 g/mol. The van der Waals surface area contributed by atoms with Crippen molar-refractivity contribution in [3.63, 3.8) is 0 Å². The van der Waals surface area contributed by atoms with Crippen LogP contribution in [0.4, 0.5) is 17.6 Å². The number of rotatable bonds is 10. The molecule has 2 aliphatic rings. The zero-order valence-corrected chi connectivity index (χ0v) is 25.3. The van der Waals surface area contributed by atoms with Crippen LogP contribution in [0.2, 0.25) is 0 Å². The molecule has 0 heterocycles. The smallest absolute Gasteiger partial charge is 0.201 e. The van der Waals surface area contributed by atoms with E-state index in [-0.39, 0.29) is 23.5 Å². The quantitative estimate of drug-likeness (QED) is 0.169. The standard InChI is InChI=1S/C38H42F4O/c1-3-5-7-25-8-10-26(11-9-25)27-12-14-28(15-13-27)31-20-21-32(36(40)35(31)39)29-16-18-30(19-17-29)33-22-23-34(38(42)37(33)41)43-24-6-4-2/h4,6,14,16-23,25-27H,3,5,7-13,15,24H2,1-2H3/b6-4+. The predicted octanol–water partition coefficient (Wildman–Crippen LogP) is 11.7. The minimum Gasteiger partial charge on any atom is -0.486 e. The van der Waals surface area contributed by atoms with E-state index in [2.05, 4.69) is 13.0 Å². The predicted molar refractivity (Wildman–Crippen MR) is 168 cm³/mol. The SMILES string of the molecule is C/C=C/COc1ccc(-c2ccc(-c3ccc(C4=CCC(C5CCC(CCCC)CC5)CC4)c(F)c3F)cc2)c(F)c1F. The summed E-state index contributed by atoms with van der Waals surface area (Å²) in [5.41, 5.74) is 2.33. The van der Waals surface area contributed by atoms with Crippen molar-refractivity contribution in [3.05, 3.63) is 95.6 Å². The molecule has 5 heteroatoms. The van der Waals surface area contributed by atoms with Crippen molar-refractivity contribution in [2.75, 3.05) is 6.61 Å². The topological polar surface area (TPSA) is 9.23 Å². The van der Waals surface area contributed by atoms with Crippen molar-refractivity contribution < 1.29 is 22.3 Å². The molecule has 5 rings (SSSR count). The van der Waals surface area contributed by atoms with Crippen molar-refractivity contribution in [3.8, 4) is 28.0 Å². The van der Waals surface area contributed by atoms with Crippen LogP contribution in [0, 0.1) is 41.0 Å². The Hall–Kier alpha value is -3.34. The maximum atomic E-state index is 15.4. The fourth-order valence-electron chi connectivity index (χ4n) is 6.92. The molecule has 1 unspecified atom stereocenters. The average molecular weight is 591 g/mol. The van der Waals surface area contributed by atoms with Gasteiger partial charge in [0, 0.05) is 16.7 Å². The van der Waals surface area contributed by atoms with Gasteiger partial charge < -0.3 is 4.74 Å². The average Bonchev–Trinajstić information content (AvgIpc) is 3.04. The van der Waals surface area contributed by atoms with Crippen LogP contribution in [0.1, 0.15) is 83.6 Å². The van der Waals surface area contributed by atoms with Gasteiger partial charge >= 0.3 is 0 Å². The van der Waals surface area contributed by atoms with Crippen molar-refractivity contribution in [1.29, 1.82) is 0 Å². The summed E-state index contributed by atoms with van der Waals surface area (Å²) in [5, 5.41) is 0. The molecule has 2 aliphatic carbocycles. The molecule has 0 amide bonds. The number of halogens is 4. The highest BCUT2D eigenvalue weighted by atomic mass is 19.2. The Bertz CT molecular complexity index is 1450. The largest absolute Gasteiger partial charge is 0.486 e. The molecule has 0 radical (unpaired) electrons. The van der Waals surface area contributed by atoms with E-state index in [1.165, 1.54) is 57.1 Å². The van der Waals surface area contributed by atoms with Crippen molar-refractivity contribution in [1.82, 2.24) is 0 Å². The summed E-state index contributed by atoms with van der Waals surface area (Å²) < 4.78 is 65.4. The van der Waals surface area contributed by atoms with Crippen LogP contribution in [-0.4, -0.2) is 6.61 Å². The van der Waals surface area contributed by atoms with Crippen LogP contribution in [0.15, 0.2) is 66.8 Å². The number of hydrogen-bond acceptors (Lipinski definition) is 1. The van der Waals surface area contributed by atoms with Crippen LogP contribution in [0.3, 0.4) is 0 Å². The first-order chi connectivity index (χ1) is 20.9. The van der Waals surface area contributed by atoms with E-state index in [0.29, 0.717) is 22.6 Å². The van der Waals surface area contributed by atoms with Crippen LogP contribution in [0.5, 0.6) is 5.75 Å². The van der Waals surface area contributed by atoms with E-state index in [1.807, 2.05) is 6.92 Å². The summed E-state index contributed by atoms with van der Waals surface area (Å²) in [6, 6.07) is 12.5. The summed E-state index contributed by atoms with van der Waals surface area (Å²) in [6.45, 7) is 4.21. The Morgan fingerprint density at radius 2 is 1.33 bits per heavy atom. The Morgan fingerprint density at radius 3 is 1.93 bits per heavy atom. The molecular weight excluding hydrogens is 548 g/mol. The van der Waals surface area contributed by atoms with E-state index in [9.17, 15) is 8.78 Å². The minimum absolute atomic E-state index is 0.0662. The number of unbranched alkanes of at least 4 members (excludes halogenated alkanes) is 1. The highest BCUT2D eigenvalue weighted by molar-refractivity contribution is 5.74. The molecule has 3 aromatic rings. The Kier molecular flexibility index (Phi) is 10.4. The first kappa shape index (κ1) is 31.1. The number of hydrogen-bond donors (Lipinski definition) is 0. The highest BCUT2D eigenvalue weighted by Crippen LogP contribution is 2.43. The molecule has 0 aromatic heterocycles. The van der Waals surface area contributed by atoms with Crippen LogP contribution < -0.4 is 4.74 Å².